The fourth-order valence-electron chi connectivity index (χ4n) is 4.73. The van der Waals surface area contributed by atoms with Gasteiger partial charge < -0.3 is 14.4 Å². The van der Waals surface area contributed by atoms with Crippen LogP contribution in [0.2, 0.25) is 0 Å². The molecule has 0 N–H and O–H groups in total. The van der Waals surface area contributed by atoms with Gasteiger partial charge in [-0.3, -0.25) is 14.4 Å². The van der Waals surface area contributed by atoms with Gasteiger partial charge in [0.25, 0.3) is 17.6 Å². The summed E-state index contributed by atoms with van der Waals surface area (Å²) in [5.74, 6) is -1.01. The summed E-state index contributed by atoms with van der Waals surface area (Å²) in [5, 5.41) is 0.614. The minimum Gasteiger partial charge on any atom is -0.350 e. The molecule has 192 valence electrons. The first-order valence-electron chi connectivity index (χ1n) is 12.5. The first kappa shape index (κ1) is 27.1. The molecule has 0 spiro atoms. The minimum absolute atomic E-state index is 0.0548. The van der Waals surface area contributed by atoms with Crippen LogP contribution in [0.25, 0.3) is 10.9 Å². The van der Waals surface area contributed by atoms with Gasteiger partial charge in [0.1, 0.15) is 5.82 Å². The van der Waals surface area contributed by atoms with Gasteiger partial charge >= 0.3 is 0 Å². The van der Waals surface area contributed by atoms with E-state index >= 15 is 0 Å². The van der Waals surface area contributed by atoms with Crippen molar-refractivity contribution >= 4 is 28.5 Å². The van der Waals surface area contributed by atoms with Gasteiger partial charge in [-0.15, -0.1) is 0 Å². The molecule has 2 amide bonds. The minimum atomic E-state index is -0.593. The number of carbonyl (C=O) groups is 3. The molecule has 6 nitrogen and oxygen atoms in total. The standard InChI is InChI=1S/C27H30FN3O3.C2H6/c1-17-13-24-22(23(16-30(24)4)25(32)27(34)29(2)3)15-21(17)26(33)31-11-9-19(10-12-31)14-18-5-7-20(28)8-6-18;1-2/h5-8,13,15-16,19H,9-12,14H2,1-4H3;1-2H3. The van der Waals surface area contributed by atoms with Gasteiger partial charge in [-0.1, -0.05) is 26.0 Å². The van der Waals surface area contributed by atoms with Crippen molar-refractivity contribution in [2.45, 2.75) is 40.0 Å². The smallest absolute Gasteiger partial charge is 0.294 e. The van der Waals surface area contributed by atoms with Crippen LogP contribution in [0, 0.1) is 18.7 Å². The second-order valence-electron chi connectivity index (χ2n) is 9.43. The molecule has 4 rings (SSSR count). The van der Waals surface area contributed by atoms with Gasteiger partial charge in [0.2, 0.25) is 0 Å². The lowest BCUT2D eigenvalue weighted by atomic mass is 9.89. The zero-order valence-electron chi connectivity index (χ0n) is 22.1. The van der Waals surface area contributed by atoms with E-state index in [1.165, 1.54) is 17.0 Å². The second-order valence-corrected chi connectivity index (χ2v) is 9.43. The average Bonchev–Trinajstić information content (AvgIpc) is 3.20. The summed E-state index contributed by atoms with van der Waals surface area (Å²) >= 11 is 0. The van der Waals surface area contributed by atoms with Crippen molar-refractivity contribution in [3.63, 3.8) is 0 Å². The Hall–Kier alpha value is -3.48. The monoisotopic (exact) mass is 493 g/mol. The van der Waals surface area contributed by atoms with Crippen molar-refractivity contribution in [2.24, 2.45) is 13.0 Å². The topological polar surface area (TPSA) is 62.6 Å². The van der Waals surface area contributed by atoms with E-state index in [4.69, 9.17) is 0 Å². The maximum atomic E-state index is 13.4. The average molecular weight is 494 g/mol. The van der Waals surface area contributed by atoms with Crippen LogP contribution >= 0.6 is 0 Å². The van der Waals surface area contributed by atoms with Crippen LogP contribution in [0.3, 0.4) is 0 Å². The summed E-state index contributed by atoms with van der Waals surface area (Å²) in [6, 6.07) is 10.3. The largest absolute Gasteiger partial charge is 0.350 e. The molecule has 1 aliphatic rings. The summed E-state index contributed by atoms with van der Waals surface area (Å²) < 4.78 is 15.0. The molecule has 0 aliphatic carbocycles. The van der Waals surface area contributed by atoms with E-state index in [0.29, 0.717) is 35.5 Å². The number of hydrogen-bond donors (Lipinski definition) is 0. The molecule has 0 atom stereocenters. The van der Waals surface area contributed by atoms with E-state index < -0.39 is 11.7 Å². The highest BCUT2D eigenvalue weighted by atomic mass is 19.1. The van der Waals surface area contributed by atoms with Crippen LogP contribution in [-0.4, -0.2) is 59.1 Å². The summed E-state index contributed by atoms with van der Waals surface area (Å²) in [7, 11) is 4.92. The van der Waals surface area contributed by atoms with Gasteiger partial charge in [0, 0.05) is 56.9 Å². The van der Waals surface area contributed by atoms with Crippen LogP contribution in [0.5, 0.6) is 0 Å². The summed E-state index contributed by atoms with van der Waals surface area (Å²) in [6.45, 7) is 7.21. The molecule has 7 heteroatoms. The number of likely N-dealkylation sites (N-methyl/N-ethyl adjacent to an activating group) is 1. The number of likely N-dealkylation sites (tertiary alicyclic amines) is 1. The van der Waals surface area contributed by atoms with E-state index in [0.717, 1.165) is 35.9 Å². The lowest BCUT2D eigenvalue weighted by molar-refractivity contribution is -0.124. The lowest BCUT2D eigenvalue weighted by Crippen LogP contribution is -2.39. The number of rotatable bonds is 5. The molecule has 2 heterocycles. The third kappa shape index (κ3) is 5.66. The van der Waals surface area contributed by atoms with E-state index in [1.807, 2.05) is 55.5 Å². The van der Waals surface area contributed by atoms with Gasteiger partial charge in [-0.05, 0) is 67.5 Å². The summed E-state index contributed by atoms with van der Waals surface area (Å²) in [5.41, 5.74) is 3.62. The maximum absolute atomic E-state index is 13.4. The Balaban J connectivity index is 0.00000176. The second kappa shape index (κ2) is 11.5. The van der Waals surface area contributed by atoms with E-state index in [2.05, 4.69) is 0 Å². The highest BCUT2D eigenvalue weighted by molar-refractivity contribution is 6.44. The molecule has 2 aromatic carbocycles. The molecule has 36 heavy (non-hydrogen) atoms. The number of ketones is 1. The Kier molecular flexibility index (Phi) is 8.66. The molecule has 1 saturated heterocycles. The number of amides is 2. The Morgan fingerprint density at radius 3 is 2.19 bits per heavy atom. The number of nitrogens with zero attached hydrogens (tertiary/aromatic N) is 3. The Bertz CT molecular complexity index is 1250. The van der Waals surface area contributed by atoms with Crippen LogP contribution in [0.15, 0.2) is 42.6 Å². The number of hydrogen-bond acceptors (Lipinski definition) is 3. The van der Waals surface area contributed by atoms with Crippen LogP contribution in [0.4, 0.5) is 4.39 Å². The number of aryl methyl sites for hydroxylation is 2. The van der Waals surface area contributed by atoms with E-state index in [-0.39, 0.29) is 11.7 Å². The molecular weight excluding hydrogens is 457 g/mol. The number of aromatic nitrogens is 1. The Morgan fingerprint density at radius 1 is 1.00 bits per heavy atom. The van der Waals surface area contributed by atoms with Crippen molar-refractivity contribution in [1.82, 2.24) is 14.4 Å². The van der Waals surface area contributed by atoms with Crippen molar-refractivity contribution in [1.29, 1.82) is 0 Å². The number of Topliss-reactive ketones (excluding diaryl/α,β-unsaturated/α-hetero) is 1. The molecule has 0 radical (unpaired) electrons. The third-order valence-electron chi connectivity index (χ3n) is 6.75. The first-order chi connectivity index (χ1) is 17.2. The van der Waals surface area contributed by atoms with Gasteiger partial charge in [0.05, 0.1) is 5.56 Å². The molecule has 1 fully saturated rings. The summed E-state index contributed by atoms with van der Waals surface area (Å²) in [6.07, 6.45) is 4.30. The normalized spacial score (nSPS) is 13.8. The maximum Gasteiger partial charge on any atom is 0.294 e. The molecule has 3 aromatic rings. The number of halogens is 1. The molecular formula is C29H36FN3O3. The third-order valence-corrected chi connectivity index (χ3v) is 6.75. The fourth-order valence-corrected chi connectivity index (χ4v) is 4.73. The molecule has 0 bridgehead atoms. The number of fused-ring (bicyclic) bond motifs is 1. The van der Waals surface area contributed by atoms with Crippen LogP contribution in [0.1, 0.15) is 58.5 Å². The zero-order valence-corrected chi connectivity index (χ0v) is 22.1. The van der Waals surface area contributed by atoms with Crippen LogP contribution < -0.4 is 0 Å². The number of carbonyl (C=O) groups excluding carboxylic acids is 3. The zero-order chi connectivity index (χ0) is 26.6. The Morgan fingerprint density at radius 2 is 1.61 bits per heavy atom. The lowest BCUT2D eigenvalue weighted by Gasteiger charge is -2.32. The first-order valence-corrected chi connectivity index (χ1v) is 12.5. The molecule has 1 aromatic heterocycles. The van der Waals surface area contributed by atoms with Gasteiger partial charge in [0.15, 0.2) is 0 Å². The van der Waals surface area contributed by atoms with Crippen molar-refractivity contribution in [3.05, 3.63) is 70.7 Å². The number of piperidine rings is 1. The summed E-state index contributed by atoms with van der Waals surface area (Å²) in [4.78, 5) is 41.6. The Labute approximate surface area is 212 Å². The van der Waals surface area contributed by atoms with Crippen molar-refractivity contribution < 1.29 is 18.8 Å². The van der Waals surface area contributed by atoms with Crippen molar-refractivity contribution in [2.75, 3.05) is 27.2 Å². The molecule has 0 unspecified atom stereocenters. The predicted molar refractivity (Wildman–Crippen MR) is 141 cm³/mol. The van der Waals surface area contributed by atoms with Crippen LogP contribution in [-0.2, 0) is 18.3 Å². The number of benzene rings is 2. The van der Waals surface area contributed by atoms with E-state index in [1.54, 1.807) is 26.4 Å². The molecule has 1 aliphatic heterocycles. The van der Waals surface area contributed by atoms with Gasteiger partial charge in [-0.2, -0.15) is 0 Å². The highest BCUT2D eigenvalue weighted by Gasteiger charge is 2.27. The quantitative estimate of drug-likeness (QED) is 0.370. The molecule has 0 saturated carbocycles. The van der Waals surface area contributed by atoms with E-state index in [9.17, 15) is 18.8 Å². The van der Waals surface area contributed by atoms with Gasteiger partial charge in [-0.25, -0.2) is 4.39 Å². The predicted octanol–water partition coefficient (Wildman–Crippen LogP) is 5.02. The fraction of sp³-hybridized carbons (Fsp3) is 0.414. The van der Waals surface area contributed by atoms with Crippen molar-refractivity contribution in [3.8, 4) is 0 Å². The highest BCUT2D eigenvalue weighted by Crippen LogP contribution is 2.28. The SMILES string of the molecule is CC.Cc1cc2c(cc1C(=O)N1CCC(Cc3ccc(F)cc3)CC1)c(C(=O)C(=O)N(C)C)cn2C.